The molecule has 0 bridgehead atoms. The van der Waals surface area contributed by atoms with Crippen molar-refractivity contribution in [1.29, 1.82) is 0 Å². The number of hydrogen-bond donors (Lipinski definition) is 2. The van der Waals surface area contributed by atoms with E-state index >= 15 is 0 Å². The molecular formula is C9H17F3N2O. The Bertz CT molecular complexity index is 216. The second-order valence-corrected chi connectivity index (χ2v) is 3.93. The Balaban J connectivity index is 4.02. The maximum absolute atomic E-state index is 12.0. The highest BCUT2D eigenvalue weighted by atomic mass is 19.4. The van der Waals surface area contributed by atoms with E-state index in [4.69, 9.17) is 5.73 Å². The van der Waals surface area contributed by atoms with Crippen LogP contribution in [-0.2, 0) is 4.79 Å². The fraction of sp³-hybridized carbons (Fsp3) is 0.889. The number of alkyl halides is 3. The van der Waals surface area contributed by atoms with Gasteiger partial charge in [-0.15, -0.1) is 0 Å². The maximum atomic E-state index is 12.0. The predicted octanol–water partition coefficient (Wildman–Crippen LogP) is 1.28. The van der Waals surface area contributed by atoms with Crippen molar-refractivity contribution >= 4 is 5.91 Å². The molecule has 0 saturated carbocycles. The molecule has 3 nitrogen and oxygen atoms in total. The molecule has 0 heterocycles. The minimum absolute atomic E-state index is 0.0899. The molecule has 0 fully saturated rings. The zero-order valence-electron chi connectivity index (χ0n) is 9.06. The second kappa shape index (κ2) is 5.34. The van der Waals surface area contributed by atoms with Gasteiger partial charge in [0.15, 0.2) is 0 Å². The van der Waals surface area contributed by atoms with Crippen molar-refractivity contribution in [2.45, 2.75) is 33.0 Å². The highest BCUT2D eigenvalue weighted by Gasteiger charge is 2.36. The number of halogens is 3. The standard InChI is InChI=1S/C9H17F3N2O/c1-5(2)6(3)8(15)14-4-7(13)9(10,11)12/h5-7H,4,13H2,1-3H3,(H,14,15). The van der Waals surface area contributed by atoms with Crippen LogP contribution in [0.2, 0.25) is 0 Å². The van der Waals surface area contributed by atoms with Crippen LogP contribution in [0.25, 0.3) is 0 Å². The van der Waals surface area contributed by atoms with Crippen LogP contribution >= 0.6 is 0 Å². The van der Waals surface area contributed by atoms with Crippen molar-refractivity contribution in [2.75, 3.05) is 6.54 Å². The van der Waals surface area contributed by atoms with Crippen molar-refractivity contribution in [3.63, 3.8) is 0 Å². The van der Waals surface area contributed by atoms with Gasteiger partial charge in [-0.25, -0.2) is 0 Å². The molecule has 0 aliphatic carbocycles. The van der Waals surface area contributed by atoms with Gasteiger partial charge in [0.05, 0.1) is 0 Å². The van der Waals surface area contributed by atoms with Crippen molar-refractivity contribution in [1.82, 2.24) is 5.32 Å². The van der Waals surface area contributed by atoms with Gasteiger partial charge in [-0.2, -0.15) is 13.2 Å². The molecule has 3 N–H and O–H groups in total. The molecule has 0 radical (unpaired) electrons. The number of amides is 1. The van der Waals surface area contributed by atoms with Gasteiger partial charge in [0.25, 0.3) is 0 Å². The summed E-state index contributed by atoms with van der Waals surface area (Å²) < 4.78 is 35.9. The normalized spacial score (nSPS) is 16.3. The summed E-state index contributed by atoms with van der Waals surface area (Å²) in [5.74, 6) is -0.623. The Labute approximate surface area is 87.2 Å². The quantitative estimate of drug-likeness (QED) is 0.758. The number of nitrogens with two attached hydrogens (primary N) is 1. The van der Waals surface area contributed by atoms with Crippen LogP contribution < -0.4 is 11.1 Å². The largest absolute Gasteiger partial charge is 0.405 e. The number of carbonyl (C=O) groups is 1. The monoisotopic (exact) mass is 226 g/mol. The summed E-state index contributed by atoms with van der Waals surface area (Å²) in [7, 11) is 0. The lowest BCUT2D eigenvalue weighted by Crippen LogP contribution is -2.48. The summed E-state index contributed by atoms with van der Waals surface area (Å²) in [6.07, 6.45) is -4.46. The van der Waals surface area contributed by atoms with E-state index in [1.165, 1.54) is 0 Å². The van der Waals surface area contributed by atoms with E-state index in [9.17, 15) is 18.0 Å². The third kappa shape index (κ3) is 5.01. The molecule has 2 unspecified atom stereocenters. The average molecular weight is 226 g/mol. The number of hydrogen-bond acceptors (Lipinski definition) is 2. The van der Waals surface area contributed by atoms with Gasteiger partial charge in [0, 0.05) is 12.5 Å². The molecule has 0 spiro atoms. The van der Waals surface area contributed by atoms with E-state index in [1.807, 2.05) is 13.8 Å². The van der Waals surface area contributed by atoms with Crippen LogP contribution in [0.5, 0.6) is 0 Å². The number of carbonyl (C=O) groups excluding carboxylic acids is 1. The first kappa shape index (κ1) is 14.2. The third-order valence-electron chi connectivity index (χ3n) is 2.33. The molecule has 6 heteroatoms. The Hall–Kier alpha value is -0.780. The van der Waals surface area contributed by atoms with E-state index in [0.717, 1.165) is 0 Å². The minimum Gasteiger partial charge on any atom is -0.354 e. The van der Waals surface area contributed by atoms with Gasteiger partial charge in [-0.05, 0) is 5.92 Å². The molecule has 2 atom stereocenters. The molecule has 1 amide bonds. The fourth-order valence-electron chi connectivity index (χ4n) is 0.790. The fourth-order valence-corrected chi connectivity index (χ4v) is 0.790. The van der Waals surface area contributed by atoms with Crippen LogP contribution in [0.15, 0.2) is 0 Å². The van der Waals surface area contributed by atoms with E-state index in [1.54, 1.807) is 6.92 Å². The zero-order valence-corrected chi connectivity index (χ0v) is 9.06. The second-order valence-electron chi connectivity index (χ2n) is 3.93. The van der Waals surface area contributed by atoms with Crippen molar-refractivity contribution in [3.05, 3.63) is 0 Å². The van der Waals surface area contributed by atoms with Crippen LogP contribution in [0.4, 0.5) is 13.2 Å². The predicted molar refractivity (Wildman–Crippen MR) is 51.0 cm³/mol. The Morgan fingerprint density at radius 2 is 1.80 bits per heavy atom. The number of nitrogens with one attached hydrogen (secondary N) is 1. The van der Waals surface area contributed by atoms with Gasteiger partial charge in [0.2, 0.25) is 5.91 Å². The first-order valence-corrected chi connectivity index (χ1v) is 4.76. The molecule has 0 aliphatic rings. The lowest BCUT2D eigenvalue weighted by atomic mass is 9.97. The van der Waals surface area contributed by atoms with Crippen LogP contribution in [0.1, 0.15) is 20.8 Å². The molecule has 0 aliphatic heterocycles. The Morgan fingerprint density at radius 1 is 1.33 bits per heavy atom. The van der Waals surface area contributed by atoms with E-state index in [-0.39, 0.29) is 11.8 Å². The average Bonchev–Trinajstić information content (AvgIpc) is 2.10. The lowest BCUT2D eigenvalue weighted by molar-refractivity contribution is -0.148. The SMILES string of the molecule is CC(C)C(C)C(=O)NCC(N)C(F)(F)F. The van der Waals surface area contributed by atoms with Gasteiger partial charge in [0.1, 0.15) is 6.04 Å². The smallest absolute Gasteiger partial charge is 0.354 e. The maximum Gasteiger partial charge on any atom is 0.405 e. The molecule has 0 rings (SSSR count). The van der Waals surface area contributed by atoms with Crippen LogP contribution in [-0.4, -0.2) is 24.7 Å². The lowest BCUT2D eigenvalue weighted by Gasteiger charge is -2.19. The molecular weight excluding hydrogens is 209 g/mol. The van der Waals surface area contributed by atoms with Crippen molar-refractivity contribution in [2.24, 2.45) is 17.6 Å². The van der Waals surface area contributed by atoms with E-state index < -0.39 is 24.7 Å². The molecule has 15 heavy (non-hydrogen) atoms. The topological polar surface area (TPSA) is 55.1 Å². The highest BCUT2D eigenvalue weighted by molar-refractivity contribution is 5.78. The molecule has 0 saturated heterocycles. The van der Waals surface area contributed by atoms with Crippen LogP contribution in [0.3, 0.4) is 0 Å². The van der Waals surface area contributed by atoms with Gasteiger partial charge in [-0.1, -0.05) is 20.8 Å². The van der Waals surface area contributed by atoms with Crippen LogP contribution in [0, 0.1) is 11.8 Å². The summed E-state index contributed by atoms with van der Waals surface area (Å²) in [6, 6.07) is -2.00. The van der Waals surface area contributed by atoms with Gasteiger partial charge < -0.3 is 11.1 Å². The minimum atomic E-state index is -4.46. The molecule has 0 aromatic heterocycles. The zero-order chi connectivity index (χ0) is 12.2. The van der Waals surface area contributed by atoms with Crippen molar-refractivity contribution < 1.29 is 18.0 Å². The summed E-state index contributed by atoms with van der Waals surface area (Å²) >= 11 is 0. The van der Waals surface area contributed by atoms with E-state index in [0.29, 0.717) is 0 Å². The third-order valence-corrected chi connectivity index (χ3v) is 2.33. The van der Waals surface area contributed by atoms with Gasteiger partial charge in [-0.3, -0.25) is 4.79 Å². The molecule has 0 aromatic carbocycles. The Morgan fingerprint density at radius 3 is 2.13 bits per heavy atom. The summed E-state index contributed by atoms with van der Waals surface area (Å²) in [4.78, 5) is 11.3. The molecule has 0 aromatic rings. The first-order valence-electron chi connectivity index (χ1n) is 4.76. The number of rotatable bonds is 4. The highest BCUT2D eigenvalue weighted by Crippen LogP contribution is 2.18. The summed E-state index contributed by atoms with van der Waals surface area (Å²) in [5.41, 5.74) is 4.84. The van der Waals surface area contributed by atoms with Crippen molar-refractivity contribution in [3.8, 4) is 0 Å². The summed E-state index contributed by atoms with van der Waals surface area (Å²) in [6.45, 7) is 4.75. The first-order chi connectivity index (χ1) is 6.66. The van der Waals surface area contributed by atoms with Gasteiger partial charge >= 0.3 is 6.18 Å². The van der Waals surface area contributed by atoms with E-state index in [2.05, 4.69) is 5.32 Å². The molecule has 90 valence electrons. The summed E-state index contributed by atoms with van der Waals surface area (Å²) in [5, 5.41) is 2.19. The Kier molecular flexibility index (Phi) is 5.07.